The fourth-order valence-electron chi connectivity index (χ4n) is 10.7. The first-order valence-corrected chi connectivity index (χ1v) is 22.5. The fraction of sp³-hybridized carbons (Fsp3) is 0. The Morgan fingerprint density at radius 1 is 0.422 bits per heavy atom. The second kappa shape index (κ2) is 12.6. The second-order valence-electron chi connectivity index (χ2n) is 16.9. The highest BCUT2D eigenvalue weighted by Crippen LogP contribution is 2.51. The molecule has 64 heavy (non-hydrogen) atoms. The summed E-state index contributed by atoms with van der Waals surface area (Å²) in [7, 11) is 0. The van der Waals surface area contributed by atoms with Gasteiger partial charge in [-0.2, -0.15) is 0 Å². The van der Waals surface area contributed by atoms with Gasteiger partial charge in [-0.25, -0.2) is 9.97 Å². The lowest BCUT2D eigenvalue weighted by Crippen LogP contribution is -2.03. The van der Waals surface area contributed by atoms with Crippen molar-refractivity contribution in [2.75, 3.05) is 0 Å². The molecule has 0 spiro atoms. The summed E-state index contributed by atoms with van der Waals surface area (Å²) in [4.78, 5) is 11.4. The maximum atomic E-state index is 7.08. The quantitative estimate of drug-likeness (QED) is 0.166. The van der Waals surface area contributed by atoms with E-state index in [0.29, 0.717) is 5.82 Å². The van der Waals surface area contributed by atoms with E-state index < -0.39 is 0 Å². The number of thiophene rings is 1. The molecule has 0 radical (unpaired) electrons. The van der Waals surface area contributed by atoms with Crippen molar-refractivity contribution in [2.45, 2.75) is 0 Å². The van der Waals surface area contributed by atoms with Gasteiger partial charge in [-0.05, 0) is 81.2 Å². The molecule has 0 saturated carbocycles. The van der Waals surface area contributed by atoms with Crippen molar-refractivity contribution in [3.05, 3.63) is 194 Å². The van der Waals surface area contributed by atoms with E-state index in [1.807, 2.05) is 0 Å². The van der Waals surface area contributed by atoms with Crippen molar-refractivity contribution >= 4 is 119 Å². The van der Waals surface area contributed by atoms with Gasteiger partial charge in [0, 0.05) is 53.7 Å². The normalized spacial score (nSPS) is 12.4. The molecule has 0 fully saturated rings. The van der Waals surface area contributed by atoms with Gasteiger partial charge in [0.2, 0.25) is 0 Å². The standard InChI is InChI=1S/C58H32N4OS/c1-3-14-33(15-4-1)35-17-13-18-38(30-35)57-59-51-50-40-21-8-7-16-34(40)28-29-47(50)64-56(51)58(60-57)62-53-48-36(26-27-37-32-44-42-23-10-12-25-46(42)63-55(44)54(62)49(37)48)31-43-41-22-9-11-24-45(41)61(52(43)53)39-19-5-2-6-20-39/h1-32H. The first kappa shape index (κ1) is 34.3. The van der Waals surface area contributed by atoms with Gasteiger partial charge in [-0.15, -0.1) is 11.3 Å². The zero-order valence-corrected chi connectivity index (χ0v) is 34.9. The fourth-order valence-corrected chi connectivity index (χ4v) is 11.8. The SMILES string of the molecule is c1ccc(-c2cccc(-c3nc(-n4c5c6oc7ccccc7c6cc6ccc7cc8c9ccccc9n(-c9ccccc9)c8c4c7c65)c4sc5ccc6ccccc6c5c4n3)c2)cc1. The maximum absolute atomic E-state index is 7.08. The predicted octanol–water partition coefficient (Wildman–Crippen LogP) is 16.0. The lowest BCUT2D eigenvalue weighted by atomic mass is 9.98. The number of aromatic nitrogens is 4. The highest BCUT2D eigenvalue weighted by Gasteiger charge is 2.30. The Kier molecular flexibility index (Phi) is 6.77. The molecule has 0 atom stereocenters. The monoisotopic (exact) mass is 832 g/mol. The van der Waals surface area contributed by atoms with Crippen LogP contribution >= 0.6 is 11.3 Å². The molecular weight excluding hydrogens is 801 g/mol. The van der Waals surface area contributed by atoms with Crippen LogP contribution in [-0.4, -0.2) is 19.1 Å². The van der Waals surface area contributed by atoms with Gasteiger partial charge >= 0.3 is 0 Å². The van der Waals surface area contributed by atoms with E-state index in [9.17, 15) is 0 Å². The van der Waals surface area contributed by atoms with E-state index in [-0.39, 0.29) is 0 Å². The number of nitrogens with zero attached hydrogens (tertiary/aromatic N) is 4. The molecule has 296 valence electrons. The topological polar surface area (TPSA) is 48.8 Å². The smallest absolute Gasteiger partial charge is 0.162 e. The second-order valence-corrected chi connectivity index (χ2v) is 17.9. The lowest BCUT2D eigenvalue weighted by Gasteiger charge is -2.14. The average Bonchev–Trinajstić information content (AvgIpc) is 4.12. The minimum Gasteiger partial charge on any atom is -0.454 e. The highest BCUT2D eigenvalue weighted by molar-refractivity contribution is 7.26. The summed E-state index contributed by atoms with van der Waals surface area (Å²) < 4.78 is 14.2. The van der Waals surface area contributed by atoms with Crippen molar-refractivity contribution in [1.29, 1.82) is 0 Å². The lowest BCUT2D eigenvalue weighted by molar-refractivity contribution is 0.671. The molecule has 0 aliphatic carbocycles. The van der Waals surface area contributed by atoms with Crippen LogP contribution in [0.15, 0.2) is 199 Å². The molecule has 5 nitrogen and oxygen atoms in total. The number of fused-ring (bicyclic) bond motifs is 13. The summed E-state index contributed by atoms with van der Waals surface area (Å²) in [5.74, 6) is 1.50. The summed E-state index contributed by atoms with van der Waals surface area (Å²) in [6.07, 6.45) is 0. The first-order chi connectivity index (χ1) is 31.7. The number of hydrogen-bond donors (Lipinski definition) is 0. The third-order valence-corrected chi connectivity index (χ3v) is 14.6. The van der Waals surface area contributed by atoms with Crippen LogP contribution in [-0.2, 0) is 0 Å². The summed E-state index contributed by atoms with van der Waals surface area (Å²) in [5.41, 5.74) is 11.3. The van der Waals surface area contributed by atoms with E-state index in [1.54, 1.807) is 11.3 Å². The first-order valence-electron chi connectivity index (χ1n) is 21.7. The van der Waals surface area contributed by atoms with Crippen LogP contribution in [0.2, 0.25) is 0 Å². The molecule has 0 unspecified atom stereocenters. The van der Waals surface area contributed by atoms with Crippen LogP contribution in [0, 0.1) is 0 Å². The molecule has 0 amide bonds. The van der Waals surface area contributed by atoms with E-state index in [2.05, 4.69) is 203 Å². The minimum absolute atomic E-state index is 0.670. The van der Waals surface area contributed by atoms with Gasteiger partial charge in [0.1, 0.15) is 5.58 Å². The summed E-state index contributed by atoms with van der Waals surface area (Å²) in [6.45, 7) is 0. The summed E-state index contributed by atoms with van der Waals surface area (Å²) in [5, 5.41) is 12.8. The van der Waals surface area contributed by atoms with Gasteiger partial charge in [-0.3, -0.25) is 4.57 Å². The molecule has 0 N–H and O–H groups in total. The van der Waals surface area contributed by atoms with Gasteiger partial charge in [-0.1, -0.05) is 146 Å². The van der Waals surface area contributed by atoms with Crippen molar-refractivity contribution < 1.29 is 4.42 Å². The van der Waals surface area contributed by atoms with Crippen LogP contribution in [0.3, 0.4) is 0 Å². The van der Waals surface area contributed by atoms with Crippen LogP contribution in [0.25, 0.3) is 141 Å². The number of hydrogen-bond acceptors (Lipinski definition) is 4. The number of rotatable bonds is 4. The third kappa shape index (κ3) is 4.56. The molecule has 5 heterocycles. The summed E-state index contributed by atoms with van der Waals surface area (Å²) in [6, 6.07) is 69.7. The van der Waals surface area contributed by atoms with E-state index in [0.717, 1.165) is 98.6 Å². The third-order valence-electron chi connectivity index (χ3n) is 13.4. The van der Waals surface area contributed by atoms with E-state index in [4.69, 9.17) is 14.4 Å². The van der Waals surface area contributed by atoms with Crippen molar-refractivity contribution in [3.8, 4) is 34.0 Å². The Hall–Kier alpha value is -8.32. The zero-order valence-electron chi connectivity index (χ0n) is 34.1. The van der Waals surface area contributed by atoms with Crippen molar-refractivity contribution in [1.82, 2.24) is 19.1 Å². The average molecular weight is 833 g/mol. The van der Waals surface area contributed by atoms with E-state index in [1.165, 1.54) is 37.0 Å². The van der Waals surface area contributed by atoms with Gasteiger partial charge < -0.3 is 8.98 Å². The number of benzene rings is 10. The molecule has 0 saturated heterocycles. The van der Waals surface area contributed by atoms with Crippen LogP contribution in [0.4, 0.5) is 0 Å². The number of furan rings is 1. The Morgan fingerprint density at radius 2 is 1.09 bits per heavy atom. The van der Waals surface area contributed by atoms with Gasteiger partial charge in [0.15, 0.2) is 17.2 Å². The molecule has 15 aromatic rings. The molecule has 5 aromatic heterocycles. The van der Waals surface area contributed by atoms with Crippen molar-refractivity contribution in [2.24, 2.45) is 0 Å². The van der Waals surface area contributed by atoms with Gasteiger partial charge in [0.25, 0.3) is 0 Å². The molecule has 0 aliphatic rings. The molecule has 10 aromatic carbocycles. The predicted molar refractivity (Wildman–Crippen MR) is 268 cm³/mol. The van der Waals surface area contributed by atoms with E-state index >= 15 is 0 Å². The maximum Gasteiger partial charge on any atom is 0.162 e. The molecule has 15 rings (SSSR count). The minimum atomic E-state index is 0.670. The molecule has 6 heteroatoms. The largest absolute Gasteiger partial charge is 0.454 e. The van der Waals surface area contributed by atoms with Crippen LogP contribution in [0.1, 0.15) is 0 Å². The van der Waals surface area contributed by atoms with Gasteiger partial charge in [0.05, 0.1) is 32.3 Å². The Balaban J connectivity index is 1.21. The van der Waals surface area contributed by atoms with Crippen LogP contribution in [0.5, 0.6) is 0 Å². The Morgan fingerprint density at radius 3 is 1.95 bits per heavy atom. The molecule has 0 aliphatic heterocycles. The van der Waals surface area contributed by atoms with Crippen molar-refractivity contribution in [3.63, 3.8) is 0 Å². The molecular formula is C58H32N4OS. The highest BCUT2D eigenvalue weighted by atomic mass is 32.1. The Bertz CT molecular complexity index is 4420. The summed E-state index contributed by atoms with van der Waals surface area (Å²) >= 11 is 1.77. The Labute approximate surface area is 368 Å². The number of para-hydroxylation sites is 3. The molecule has 0 bridgehead atoms. The van der Waals surface area contributed by atoms with Crippen LogP contribution < -0.4 is 0 Å². The zero-order chi connectivity index (χ0) is 41.6.